The Balaban J connectivity index is 1.75. The molecule has 2 unspecified atom stereocenters. The second-order valence-electron chi connectivity index (χ2n) is 7.70. The van der Waals surface area contributed by atoms with E-state index >= 15 is 0 Å². The van der Waals surface area contributed by atoms with E-state index in [2.05, 4.69) is 5.32 Å². The molecule has 0 aromatic carbocycles. The van der Waals surface area contributed by atoms with Crippen molar-refractivity contribution in [3.05, 3.63) is 39.5 Å². The number of sulfonamides is 1. The number of ether oxygens (including phenoxy) is 1. The molecule has 1 fully saturated rings. The van der Waals surface area contributed by atoms with Gasteiger partial charge in [0.1, 0.15) is 16.1 Å². The summed E-state index contributed by atoms with van der Waals surface area (Å²) in [6.07, 6.45) is -3.36. The molecule has 0 bridgehead atoms. The molecule has 2 atom stereocenters. The van der Waals surface area contributed by atoms with Crippen molar-refractivity contribution in [3.8, 4) is 6.07 Å². The Morgan fingerprint density at radius 1 is 1.34 bits per heavy atom. The van der Waals surface area contributed by atoms with Crippen LogP contribution in [-0.2, 0) is 24.3 Å². The predicted octanol–water partition coefficient (Wildman–Crippen LogP) is 3.02. The summed E-state index contributed by atoms with van der Waals surface area (Å²) in [5, 5.41) is 12.1. The molecule has 0 spiro atoms. The summed E-state index contributed by atoms with van der Waals surface area (Å²) in [4.78, 5) is 24.5. The highest BCUT2D eigenvalue weighted by Crippen LogP contribution is 2.34. The van der Waals surface area contributed by atoms with Gasteiger partial charge in [-0.05, 0) is 44.4 Å². The van der Waals surface area contributed by atoms with E-state index in [0.717, 1.165) is 17.4 Å². The summed E-state index contributed by atoms with van der Waals surface area (Å²) < 4.78 is 72.9. The third-order valence-corrected chi connectivity index (χ3v) is 8.40. The van der Waals surface area contributed by atoms with Gasteiger partial charge in [-0.15, -0.1) is 11.3 Å². The molecule has 3 rings (SSSR count). The van der Waals surface area contributed by atoms with Gasteiger partial charge in [0.2, 0.25) is 5.91 Å². The molecule has 2 heterocycles. The van der Waals surface area contributed by atoms with E-state index in [1.807, 2.05) is 4.72 Å². The second kappa shape index (κ2) is 10.5. The second-order valence-corrected chi connectivity index (χ2v) is 11.3. The number of carbonyl (C=O) groups excluding carboxylic acids is 2. The van der Waals surface area contributed by atoms with Crippen molar-refractivity contribution in [2.45, 2.75) is 42.7 Å². The van der Waals surface area contributed by atoms with Gasteiger partial charge in [0.25, 0.3) is 10.0 Å². The minimum Gasteiger partial charge on any atom is -0.463 e. The fraction of sp³-hybridized carbons (Fsp3) is 0.450. The Morgan fingerprint density at radius 2 is 2.06 bits per heavy atom. The highest BCUT2D eigenvalue weighted by Gasteiger charge is 2.44. The van der Waals surface area contributed by atoms with Crippen LogP contribution in [0, 0.1) is 17.2 Å². The number of esters is 1. The molecular weight excluding hydrogens is 533 g/mol. The van der Waals surface area contributed by atoms with Crippen LogP contribution in [0.1, 0.15) is 26.2 Å². The number of nitrogens with zero attached hydrogens (tertiary/aromatic N) is 2. The Morgan fingerprint density at radius 3 is 2.63 bits per heavy atom. The van der Waals surface area contributed by atoms with Crippen LogP contribution in [0.15, 0.2) is 39.4 Å². The molecule has 190 valence electrons. The molecular formula is C20H20ClF3N4O5S2. The number of alkyl halides is 3. The summed E-state index contributed by atoms with van der Waals surface area (Å²) in [7, 11) is -4.13. The summed E-state index contributed by atoms with van der Waals surface area (Å²) in [6.45, 7) is 0.609. The average molecular weight is 553 g/mol. The van der Waals surface area contributed by atoms with Gasteiger partial charge >= 0.3 is 12.3 Å². The van der Waals surface area contributed by atoms with E-state index in [1.165, 1.54) is 19.1 Å². The first-order valence-electron chi connectivity index (χ1n) is 10.3. The van der Waals surface area contributed by atoms with E-state index < -0.39 is 58.1 Å². The molecule has 1 aromatic heterocycles. The summed E-state index contributed by atoms with van der Waals surface area (Å²) in [5.41, 5.74) is -0.740. The molecule has 1 aromatic rings. The normalized spacial score (nSPS) is 20.8. The van der Waals surface area contributed by atoms with Gasteiger partial charge in [0.05, 0.1) is 28.6 Å². The number of thiophene rings is 1. The van der Waals surface area contributed by atoms with Crippen LogP contribution in [0.5, 0.6) is 0 Å². The first-order chi connectivity index (χ1) is 16.4. The molecule has 15 heteroatoms. The van der Waals surface area contributed by atoms with Crippen LogP contribution in [0.3, 0.4) is 0 Å². The lowest BCUT2D eigenvalue weighted by Crippen LogP contribution is -2.48. The third-order valence-electron chi connectivity index (χ3n) is 5.33. The van der Waals surface area contributed by atoms with Gasteiger partial charge in [0, 0.05) is 12.0 Å². The highest BCUT2D eigenvalue weighted by atomic mass is 35.5. The minimum absolute atomic E-state index is 0.0366. The fourth-order valence-electron chi connectivity index (χ4n) is 3.74. The van der Waals surface area contributed by atoms with Gasteiger partial charge in [-0.2, -0.15) is 18.4 Å². The van der Waals surface area contributed by atoms with Crippen molar-refractivity contribution in [1.82, 2.24) is 14.9 Å². The van der Waals surface area contributed by atoms with Crippen molar-refractivity contribution in [2.24, 2.45) is 5.92 Å². The first kappa shape index (κ1) is 26.8. The summed E-state index contributed by atoms with van der Waals surface area (Å²) in [6, 6.07) is 3.65. The Hall–Kier alpha value is -2.76. The quantitative estimate of drug-likeness (QED) is 0.390. The Bertz CT molecular complexity index is 1220. The van der Waals surface area contributed by atoms with Crippen molar-refractivity contribution >= 4 is 44.8 Å². The van der Waals surface area contributed by atoms with E-state index in [-0.39, 0.29) is 44.9 Å². The number of halogens is 4. The topological polar surface area (TPSA) is 129 Å². The van der Waals surface area contributed by atoms with E-state index in [0.29, 0.717) is 0 Å². The van der Waals surface area contributed by atoms with E-state index in [9.17, 15) is 36.4 Å². The number of nitrogens with one attached hydrogen (secondary N) is 2. The van der Waals surface area contributed by atoms with Crippen LogP contribution in [0.4, 0.5) is 13.2 Å². The molecule has 2 N–H and O–H groups in total. The summed E-state index contributed by atoms with van der Waals surface area (Å²) in [5.74, 6) is -3.06. The van der Waals surface area contributed by atoms with Gasteiger partial charge < -0.3 is 10.1 Å². The van der Waals surface area contributed by atoms with Crippen molar-refractivity contribution in [3.63, 3.8) is 0 Å². The zero-order chi connectivity index (χ0) is 26.0. The number of hydrogen-bond acceptors (Lipinski definition) is 9. The fourth-order valence-corrected chi connectivity index (χ4v) is 6.27. The molecule has 35 heavy (non-hydrogen) atoms. The third kappa shape index (κ3) is 6.28. The molecule has 1 aliphatic heterocycles. The number of allylic oxidation sites excluding steroid dienone is 2. The van der Waals surface area contributed by atoms with Crippen molar-refractivity contribution < 1.29 is 35.9 Å². The largest absolute Gasteiger partial charge is 0.486 e. The monoisotopic (exact) mass is 552 g/mol. The molecule has 1 saturated carbocycles. The van der Waals surface area contributed by atoms with Gasteiger partial charge in [-0.1, -0.05) is 11.6 Å². The lowest BCUT2D eigenvalue weighted by Gasteiger charge is -2.34. The number of rotatable bonds is 7. The van der Waals surface area contributed by atoms with Gasteiger partial charge in [-0.25, -0.2) is 17.9 Å². The lowest BCUT2D eigenvalue weighted by molar-refractivity contribution is -0.232. The average Bonchev–Trinajstić information content (AvgIpc) is 3.42. The Kier molecular flexibility index (Phi) is 8.03. The molecule has 0 radical (unpaired) electrons. The Labute approximate surface area is 208 Å². The van der Waals surface area contributed by atoms with E-state index in [4.69, 9.17) is 16.3 Å². The summed E-state index contributed by atoms with van der Waals surface area (Å²) >= 11 is 6.52. The van der Waals surface area contributed by atoms with Gasteiger partial charge in [0.15, 0.2) is 0 Å². The maximum Gasteiger partial charge on any atom is 0.486 e. The maximum atomic E-state index is 13.8. The predicted molar refractivity (Wildman–Crippen MR) is 119 cm³/mol. The van der Waals surface area contributed by atoms with Crippen LogP contribution in [0.25, 0.3) is 0 Å². The highest BCUT2D eigenvalue weighted by molar-refractivity contribution is 7.92. The molecule has 2 aliphatic rings. The van der Waals surface area contributed by atoms with Gasteiger partial charge in [-0.3, -0.25) is 9.69 Å². The number of hydrogen-bond donors (Lipinski definition) is 2. The number of carbonyl (C=O) groups is 2. The molecule has 0 saturated heterocycles. The van der Waals surface area contributed by atoms with Crippen LogP contribution >= 0.6 is 22.9 Å². The smallest absolute Gasteiger partial charge is 0.463 e. The van der Waals surface area contributed by atoms with Crippen LogP contribution in [0.2, 0.25) is 4.34 Å². The lowest BCUT2D eigenvalue weighted by atomic mass is 10.1. The number of nitriles is 1. The first-order valence-corrected chi connectivity index (χ1v) is 13.0. The molecule has 1 aliphatic carbocycles. The standard InChI is InChI=1S/C20H20ClF3N4O5S2/c1-2-33-19(30)13-7-12(9-25)17(28(10-13)20(22,23)24)26-14-4-3-11(8-14)18(29)27-35(31,32)16-6-5-15(21)34-16/h5-7,11,14,26H,2-4,8,10H2,1H3,(H,27,29). The number of amides is 1. The van der Waals surface area contributed by atoms with Crippen LogP contribution < -0.4 is 10.0 Å². The van der Waals surface area contributed by atoms with Crippen molar-refractivity contribution in [2.75, 3.05) is 13.2 Å². The molecule has 9 nitrogen and oxygen atoms in total. The van der Waals surface area contributed by atoms with Crippen LogP contribution in [-0.4, -0.2) is 50.7 Å². The molecule has 1 amide bonds. The SMILES string of the molecule is CCOC(=O)C1=CC(C#N)=C(NC2CCC(C(=O)NS(=O)(=O)c3ccc(Cl)s3)C2)N(C(F)(F)F)C1. The minimum atomic E-state index is -4.91. The zero-order valence-corrected chi connectivity index (χ0v) is 20.6. The van der Waals surface area contributed by atoms with Crippen molar-refractivity contribution in [1.29, 1.82) is 5.26 Å². The maximum absolute atomic E-state index is 13.8. The zero-order valence-electron chi connectivity index (χ0n) is 18.2. The van der Waals surface area contributed by atoms with E-state index in [1.54, 1.807) is 6.07 Å².